The number of thioether (sulfide) groups is 1. The second-order valence-corrected chi connectivity index (χ2v) is 10.4. The average Bonchev–Trinajstić information content (AvgIpc) is 3.45. The number of hydrogen-bond donors (Lipinski definition) is 1. The van der Waals surface area contributed by atoms with E-state index in [0.717, 1.165) is 37.7 Å². The van der Waals surface area contributed by atoms with E-state index < -0.39 is 0 Å². The molecule has 5 rings (SSSR count). The largest absolute Gasteiger partial charge is 0.369 e. The van der Waals surface area contributed by atoms with E-state index in [2.05, 4.69) is 17.4 Å². The van der Waals surface area contributed by atoms with Gasteiger partial charge in [0.2, 0.25) is 0 Å². The van der Waals surface area contributed by atoms with Gasteiger partial charge in [0.25, 0.3) is 11.5 Å². The van der Waals surface area contributed by atoms with Crippen LogP contribution >= 0.6 is 24.0 Å². The Bertz CT molecular complexity index is 1340. The van der Waals surface area contributed by atoms with Crippen molar-refractivity contribution in [3.8, 4) is 0 Å². The van der Waals surface area contributed by atoms with E-state index in [4.69, 9.17) is 17.2 Å². The predicted octanol–water partition coefficient (Wildman–Crippen LogP) is 4.80. The zero-order chi connectivity index (χ0) is 23.7. The molecule has 0 unspecified atom stereocenters. The first kappa shape index (κ1) is 22.8. The van der Waals surface area contributed by atoms with Crippen molar-refractivity contribution in [2.75, 3.05) is 11.9 Å². The predicted molar refractivity (Wildman–Crippen MR) is 142 cm³/mol. The number of nitrogens with zero attached hydrogens (tertiary/aromatic N) is 3. The number of thiocarbonyl (C=S) groups is 1. The molecule has 0 atom stereocenters. The number of nitrogens with one attached hydrogen (secondary N) is 1. The average molecular weight is 491 g/mol. The zero-order valence-corrected chi connectivity index (χ0v) is 20.6. The molecular formula is C26H26N4O2S2. The van der Waals surface area contributed by atoms with Gasteiger partial charge in [0.15, 0.2) is 0 Å². The Morgan fingerprint density at radius 1 is 1.15 bits per heavy atom. The highest BCUT2D eigenvalue weighted by molar-refractivity contribution is 8.26. The third-order valence-corrected chi connectivity index (χ3v) is 7.67. The van der Waals surface area contributed by atoms with Gasteiger partial charge in [-0.05, 0) is 49.5 Å². The lowest BCUT2D eigenvalue weighted by Crippen LogP contribution is -2.36. The van der Waals surface area contributed by atoms with Crippen molar-refractivity contribution in [1.82, 2.24) is 14.3 Å². The highest BCUT2D eigenvalue weighted by atomic mass is 32.2. The molecule has 1 saturated heterocycles. The fourth-order valence-corrected chi connectivity index (χ4v) is 5.96. The Morgan fingerprint density at radius 2 is 1.91 bits per heavy atom. The van der Waals surface area contributed by atoms with Crippen molar-refractivity contribution >= 4 is 51.7 Å². The molecule has 6 nitrogen and oxygen atoms in total. The quantitative estimate of drug-likeness (QED) is 0.395. The van der Waals surface area contributed by atoms with Crippen molar-refractivity contribution in [3.05, 3.63) is 80.6 Å². The van der Waals surface area contributed by atoms with Crippen LogP contribution in [0.3, 0.4) is 0 Å². The smallest absolute Gasteiger partial charge is 0.267 e. The SMILES string of the molecule is Cc1ccc2nc(NCCc3ccccc3)c(C=C3SC(=S)N(C4CCCC4)C3=O)c(=O)n2c1. The molecule has 1 amide bonds. The van der Waals surface area contributed by atoms with Crippen LogP contribution in [-0.2, 0) is 11.2 Å². The standard InChI is InChI=1S/C26H26N4O2S2/c1-17-11-12-22-28-23(27-14-13-18-7-3-2-4-8-18)20(24(31)29(22)16-17)15-21-25(32)30(26(33)34-21)19-9-5-6-10-19/h2-4,7-8,11-12,15-16,19,27H,5-6,9-10,13-14H2,1H3. The van der Waals surface area contributed by atoms with Crippen molar-refractivity contribution in [1.29, 1.82) is 0 Å². The molecule has 34 heavy (non-hydrogen) atoms. The van der Waals surface area contributed by atoms with Crippen molar-refractivity contribution in [3.63, 3.8) is 0 Å². The van der Waals surface area contributed by atoms with Gasteiger partial charge in [-0.3, -0.25) is 18.9 Å². The van der Waals surface area contributed by atoms with Crippen LogP contribution in [0.4, 0.5) is 5.82 Å². The van der Waals surface area contributed by atoms with Crippen molar-refractivity contribution < 1.29 is 4.79 Å². The fourth-order valence-electron chi connectivity index (χ4n) is 4.58. The molecule has 1 saturated carbocycles. The number of aromatic nitrogens is 2. The summed E-state index contributed by atoms with van der Waals surface area (Å²) < 4.78 is 2.12. The highest BCUT2D eigenvalue weighted by Crippen LogP contribution is 2.38. The summed E-state index contributed by atoms with van der Waals surface area (Å²) in [6.07, 6.45) is 8.43. The lowest BCUT2D eigenvalue weighted by atomic mass is 10.1. The van der Waals surface area contributed by atoms with Crippen molar-refractivity contribution in [2.45, 2.75) is 45.1 Å². The fraction of sp³-hybridized carbons (Fsp3) is 0.308. The summed E-state index contributed by atoms with van der Waals surface area (Å²) in [4.78, 5) is 33.7. The first-order chi connectivity index (χ1) is 16.5. The van der Waals surface area contributed by atoms with E-state index in [0.29, 0.717) is 32.8 Å². The molecule has 1 aliphatic heterocycles. The van der Waals surface area contributed by atoms with Gasteiger partial charge in [-0.15, -0.1) is 0 Å². The molecule has 3 aromatic rings. The van der Waals surface area contributed by atoms with Crippen LogP contribution in [0, 0.1) is 6.92 Å². The summed E-state index contributed by atoms with van der Waals surface area (Å²) in [5.74, 6) is 0.377. The molecule has 1 aliphatic carbocycles. The van der Waals surface area contributed by atoms with Gasteiger partial charge in [-0.2, -0.15) is 0 Å². The van der Waals surface area contributed by atoms with E-state index in [1.165, 1.54) is 17.3 Å². The molecule has 2 fully saturated rings. The second-order valence-electron chi connectivity index (χ2n) is 8.77. The van der Waals surface area contributed by atoms with Crippen LogP contribution in [0.5, 0.6) is 0 Å². The van der Waals surface area contributed by atoms with Crippen LogP contribution in [0.25, 0.3) is 11.7 Å². The maximum atomic E-state index is 13.5. The number of rotatable bonds is 6. The number of amides is 1. The second kappa shape index (κ2) is 9.72. The molecule has 0 spiro atoms. The van der Waals surface area contributed by atoms with Gasteiger partial charge in [0, 0.05) is 18.8 Å². The molecule has 8 heteroatoms. The zero-order valence-electron chi connectivity index (χ0n) is 19.0. The molecule has 2 aromatic heterocycles. The summed E-state index contributed by atoms with van der Waals surface area (Å²) >= 11 is 6.82. The van der Waals surface area contributed by atoms with Crippen LogP contribution in [-0.4, -0.2) is 37.1 Å². The summed E-state index contributed by atoms with van der Waals surface area (Å²) in [7, 11) is 0. The van der Waals surface area contributed by atoms with Crippen LogP contribution in [0.15, 0.2) is 58.4 Å². The molecule has 2 aliphatic rings. The summed E-state index contributed by atoms with van der Waals surface area (Å²) in [5.41, 5.74) is 2.89. The van der Waals surface area contributed by atoms with Gasteiger partial charge in [0.05, 0.1) is 10.5 Å². The number of pyridine rings is 1. The Morgan fingerprint density at radius 3 is 2.68 bits per heavy atom. The number of anilines is 1. The monoisotopic (exact) mass is 490 g/mol. The molecule has 0 bridgehead atoms. The summed E-state index contributed by atoms with van der Waals surface area (Å²) in [6, 6.07) is 14.1. The van der Waals surface area contributed by atoms with Gasteiger partial charge in [-0.25, -0.2) is 4.98 Å². The van der Waals surface area contributed by atoms with Gasteiger partial charge >= 0.3 is 0 Å². The normalized spacial score (nSPS) is 17.9. The van der Waals surface area contributed by atoms with Gasteiger partial charge < -0.3 is 5.32 Å². The van der Waals surface area contributed by atoms with E-state index in [1.807, 2.05) is 37.3 Å². The topological polar surface area (TPSA) is 66.7 Å². The molecule has 3 heterocycles. The van der Waals surface area contributed by atoms with Crippen LogP contribution in [0.1, 0.15) is 42.4 Å². The Labute approximate surface area is 208 Å². The number of aryl methyl sites for hydroxylation is 1. The Hall–Kier alpha value is -2.97. The Balaban J connectivity index is 1.51. The number of carbonyl (C=O) groups is 1. The van der Waals surface area contributed by atoms with Gasteiger partial charge in [0.1, 0.15) is 15.8 Å². The van der Waals surface area contributed by atoms with Crippen LogP contribution < -0.4 is 10.9 Å². The molecule has 1 N–H and O–H groups in total. The summed E-state index contributed by atoms with van der Waals surface area (Å²) in [6.45, 7) is 2.55. The maximum Gasteiger partial charge on any atom is 0.267 e. The van der Waals surface area contributed by atoms with Crippen LogP contribution in [0.2, 0.25) is 0 Å². The molecule has 174 valence electrons. The van der Waals surface area contributed by atoms with Crippen molar-refractivity contribution in [2.24, 2.45) is 0 Å². The molecule has 1 aromatic carbocycles. The minimum Gasteiger partial charge on any atom is -0.369 e. The lowest BCUT2D eigenvalue weighted by molar-refractivity contribution is -0.123. The molecule has 0 radical (unpaired) electrons. The molecular weight excluding hydrogens is 464 g/mol. The van der Waals surface area contributed by atoms with E-state index in [-0.39, 0.29) is 17.5 Å². The first-order valence-corrected chi connectivity index (χ1v) is 12.8. The van der Waals surface area contributed by atoms with E-state index in [9.17, 15) is 9.59 Å². The highest BCUT2D eigenvalue weighted by Gasteiger charge is 2.38. The number of benzene rings is 1. The lowest BCUT2D eigenvalue weighted by Gasteiger charge is -2.21. The third kappa shape index (κ3) is 4.52. The summed E-state index contributed by atoms with van der Waals surface area (Å²) in [5, 5.41) is 3.34. The first-order valence-electron chi connectivity index (χ1n) is 11.6. The Kier molecular flexibility index (Phi) is 6.52. The van der Waals surface area contributed by atoms with Gasteiger partial charge in [-0.1, -0.05) is 73.2 Å². The maximum absolute atomic E-state index is 13.5. The third-order valence-electron chi connectivity index (χ3n) is 6.34. The number of hydrogen-bond acceptors (Lipinski definition) is 6. The number of carbonyl (C=O) groups excluding carboxylic acids is 1. The minimum atomic E-state index is -0.206. The van der Waals surface area contributed by atoms with E-state index >= 15 is 0 Å². The van der Waals surface area contributed by atoms with E-state index in [1.54, 1.807) is 21.6 Å². The minimum absolute atomic E-state index is 0.106. The number of fused-ring (bicyclic) bond motifs is 1.